The van der Waals surface area contributed by atoms with Crippen LogP contribution in [0.4, 0.5) is 43.0 Å². The van der Waals surface area contributed by atoms with Gasteiger partial charge in [0.25, 0.3) is 0 Å². The fraction of sp³-hybridized carbons (Fsp3) is 0.314. The van der Waals surface area contributed by atoms with Crippen molar-refractivity contribution in [2.24, 2.45) is 23.5 Å². The summed E-state index contributed by atoms with van der Waals surface area (Å²) in [7, 11) is -1.00. The molecule has 39 heteroatoms. The van der Waals surface area contributed by atoms with Crippen LogP contribution in [0.25, 0.3) is 62.4 Å². The molecule has 0 amide bonds. The molecule has 13 aromatic rings. The minimum Gasteiger partial charge on any atom is -0.399 e. The Hall–Kier alpha value is -6.51. The Kier molecular flexibility index (Phi) is 43.2. The Morgan fingerprint density at radius 3 is 1.42 bits per heavy atom. The normalized spacial score (nSPS) is 20.2. The number of aromatic nitrogens is 8. The monoisotopic (exact) mass is 2150 g/mol. The highest BCUT2D eigenvalue weighted by atomic mass is 128. The van der Waals surface area contributed by atoms with Gasteiger partial charge in [0.15, 0.2) is 12.1 Å². The zero-order valence-corrected chi connectivity index (χ0v) is 80.2. The van der Waals surface area contributed by atoms with Crippen LogP contribution in [0.15, 0.2) is 175 Å². The number of aldehydes is 1. The summed E-state index contributed by atoms with van der Waals surface area (Å²) in [5.74, 6) is -0.869. The third-order valence-corrected chi connectivity index (χ3v) is 24.4. The number of ether oxygens (including phenoxy) is 2. The van der Waals surface area contributed by atoms with E-state index in [0.717, 1.165) is 114 Å². The first-order valence-corrected chi connectivity index (χ1v) is 48.7. The lowest BCUT2D eigenvalue weighted by atomic mass is 10.1. The van der Waals surface area contributed by atoms with Crippen LogP contribution >= 0.6 is 167 Å². The molecule has 0 spiro atoms. The quantitative estimate of drug-likeness (QED) is 0.0168. The Morgan fingerprint density at radius 1 is 0.560 bits per heavy atom. The maximum Gasteiger partial charge on any atom is 0.163 e. The van der Waals surface area contributed by atoms with E-state index >= 15 is 0 Å². The number of pyridine rings is 5. The summed E-state index contributed by atoms with van der Waals surface area (Å²) in [6, 6.07) is 47.0. The van der Waals surface area contributed by atoms with Gasteiger partial charge in [-0.15, -0.1) is 71.5 Å². The van der Waals surface area contributed by atoms with E-state index in [4.69, 9.17) is 116 Å². The lowest BCUT2D eigenvalue weighted by Crippen LogP contribution is -2.35. The summed E-state index contributed by atoms with van der Waals surface area (Å²) in [6.07, 6.45) is 1.82. The van der Waals surface area contributed by atoms with Crippen LogP contribution in [0, 0.1) is 51.3 Å². The first-order valence-electron chi connectivity index (χ1n) is 38.3. The summed E-state index contributed by atoms with van der Waals surface area (Å²) >= 11 is 42.8. The molecule has 4 fully saturated rings. The molecule has 5 aromatic carbocycles. The van der Waals surface area contributed by atoms with Crippen molar-refractivity contribution in [3.05, 3.63) is 230 Å². The predicted molar refractivity (Wildman–Crippen MR) is 531 cm³/mol. The van der Waals surface area contributed by atoms with Gasteiger partial charge >= 0.3 is 0 Å². The van der Waals surface area contributed by atoms with E-state index < -0.39 is 43.4 Å². The molecule has 672 valence electrons. The molecule has 0 radical (unpaired) electrons. The fourth-order valence-electron chi connectivity index (χ4n) is 13.8. The van der Waals surface area contributed by atoms with Crippen molar-refractivity contribution < 1.29 is 60.2 Å². The molecule has 3 saturated carbocycles. The second kappa shape index (κ2) is 51.2. The number of thiazole rings is 3. The van der Waals surface area contributed by atoms with Gasteiger partial charge in [0.2, 0.25) is 0 Å². The summed E-state index contributed by atoms with van der Waals surface area (Å²) in [4.78, 5) is 46.8. The maximum atomic E-state index is 12.0. The van der Waals surface area contributed by atoms with Crippen molar-refractivity contribution in [3.8, 4) is 31.7 Å². The largest absolute Gasteiger partial charge is 0.399 e. The average molecular weight is 2160 g/mol. The SMILES string of the molecule is C.Cc1nc(Cl)cc(Cl)c1-c1nc2ccccc2s1.Cc1nc(Cl)cc(Cl)c1C=O.Cc1nc(Cl)cc(N[C@@H]2C[C@H](CO)[C@H]3OC(C)(C)O[C@H]32)c1-c1nc2ccccc2s1.Cc1nc(Nc2ccncc2)cc(N[C@@H]2C[C@H](CO)[C@@H](O)[C@H]2O)c1-c1nc2ccccc2s1.Cl.Cl.II.N[C@@H]1C[C@H](CO)[C@@H](O)[C@H]1O.Nc1ccc(F)cc1.Nc1ccccc1S.[2H]CF. The zero-order chi connectivity index (χ0) is 89.5. The first-order chi connectivity index (χ1) is 58.8. The van der Waals surface area contributed by atoms with Crippen LogP contribution in [-0.4, -0.2) is 169 Å². The molecule has 24 nitrogen and oxygen atoms in total. The van der Waals surface area contributed by atoms with Gasteiger partial charge in [-0.1, -0.05) is 114 Å². The summed E-state index contributed by atoms with van der Waals surface area (Å²) < 4.78 is 43.1. The molecule has 17 rings (SSSR count). The van der Waals surface area contributed by atoms with Crippen molar-refractivity contribution in [2.75, 3.05) is 54.4 Å². The van der Waals surface area contributed by atoms with Gasteiger partial charge in [-0.25, -0.2) is 39.3 Å². The Morgan fingerprint density at radius 2 is 0.984 bits per heavy atom. The van der Waals surface area contributed by atoms with Gasteiger partial charge < -0.3 is 78.4 Å². The number of para-hydroxylation sites is 4. The number of carbonyl (C=O) groups excluding carboxylic acids is 1. The Bertz CT molecular complexity index is 5450. The van der Waals surface area contributed by atoms with Crippen LogP contribution in [-0.2, 0) is 9.47 Å². The number of hydrogen-bond acceptors (Lipinski definition) is 28. The minimum absolute atomic E-state index is 0. The zero-order valence-electron chi connectivity index (χ0n) is 68.2. The molecule has 8 aromatic heterocycles. The highest BCUT2D eigenvalue weighted by Crippen LogP contribution is 2.46. The van der Waals surface area contributed by atoms with E-state index in [0.29, 0.717) is 67.4 Å². The molecule has 3 aliphatic carbocycles. The standard InChI is InChI=1S/C24H25N5O3S.C22H24ClN3O3S.C13H8Cl2N2S.C7H5Cl2NO.C6H6FN.C6H13NO3.C6H7NS.CH3F.CH4.2ClH.I2/c1-13-21(24-29-16-4-2-3-5-19(16)33-24)17(28-18-10-14(12-30)22(31)23(18)32)11-20(26-13)27-15-6-8-25-9-7-15;1-11-18(21-26-13-6-4-5-7-16(13)30-21)14(9-17(23)24-11)25-15-8-12(10-27)19-20(15)29-22(2,3)28-19;1-7-12(8(14)6-11(15)16-7)13-17-9-4-2-3-5-10(9)18-13;1-4-5(3-11)6(8)2-7(9)10-4;7-5-1-3-6(8)4-2-5;7-4-1-3(2-8)5(9)6(4)10;7-5-3-1-2-4-6(5)8;1-2;;;;1-2/h2-9,11,14,18,22-23,30-32H,10,12H2,1H3,(H2,25,26,27,28);4-7,9,12,15,19-20,27H,8,10H2,1-3H3,(H,24,25);2-6H,1H3;2-3H,1H3;1-4H,8H2;3-6,8-10H,1-2,7H2;1-4,8H,7H2;1H3;1H4;2*1H;/t14-,18-,22-,23+;12-,15-,19-,20+;;;;3-,4-,5-,6+;;;;;;/m11...1....../s1/i;;;;;;;1D;;;;. The van der Waals surface area contributed by atoms with Crippen LogP contribution in [0.2, 0.25) is 25.5 Å². The Labute approximate surface area is 803 Å². The molecule has 9 heterocycles. The van der Waals surface area contributed by atoms with Crippen LogP contribution in [0.1, 0.15) is 75.0 Å². The van der Waals surface area contributed by atoms with E-state index in [1.807, 2.05) is 150 Å². The third kappa shape index (κ3) is 28.7. The van der Waals surface area contributed by atoms with Gasteiger partial charge in [-0.05, 0) is 164 Å². The first kappa shape index (κ1) is 106. The van der Waals surface area contributed by atoms with Gasteiger partial charge in [0.1, 0.15) is 54.3 Å². The number of alkyl halides is 1. The fourth-order valence-corrected chi connectivity index (χ4v) is 18.7. The van der Waals surface area contributed by atoms with E-state index in [-0.39, 0.29) is 99.9 Å². The molecule has 0 unspecified atom stereocenters. The van der Waals surface area contributed by atoms with Gasteiger partial charge in [-0.2, -0.15) is 0 Å². The number of nitrogens with zero attached hydrogens (tertiary/aromatic N) is 8. The topological polar surface area (TPSA) is 394 Å². The molecule has 1 saturated heterocycles. The summed E-state index contributed by atoms with van der Waals surface area (Å²) in [5.41, 5.74) is 28.8. The number of aliphatic hydroxyl groups excluding tert-OH is 7. The number of carbonyl (C=O) groups is 1. The number of benzene rings is 5. The van der Waals surface area contributed by atoms with E-state index in [2.05, 4.69) is 96.8 Å². The number of halogens is 11. The van der Waals surface area contributed by atoms with E-state index in [9.17, 15) is 34.0 Å². The lowest BCUT2D eigenvalue weighted by Gasteiger charge is -2.25. The van der Waals surface area contributed by atoms with Crippen LogP contribution in [0.5, 0.6) is 0 Å². The number of aliphatic hydroxyl groups is 7. The number of hydrogen-bond donors (Lipinski definition) is 14. The van der Waals surface area contributed by atoms with Crippen molar-refractivity contribution in [2.45, 2.75) is 134 Å². The number of nitrogens with one attached hydrogen (secondary N) is 3. The molecule has 0 bridgehead atoms. The van der Waals surface area contributed by atoms with E-state index in [1.54, 1.807) is 59.4 Å². The molecular formula is C86H97Cl7F2I2N14O10S4. The molecule has 4 aliphatic rings. The van der Waals surface area contributed by atoms with Gasteiger partial charge in [-0.3, -0.25) is 14.2 Å². The second-order valence-corrected chi connectivity index (χ2v) is 34.1. The molecular weight excluding hydrogens is 2060 g/mol. The smallest absolute Gasteiger partial charge is 0.163 e. The lowest BCUT2D eigenvalue weighted by molar-refractivity contribution is -0.158. The highest BCUT2D eigenvalue weighted by Gasteiger charge is 2.54. The summed E-state index contributed by atoms with van der Waals surface area (Å²) in [6.45, 7) is 11.1. The van der Waals surface area contributed by atoms with Crippen molar-refractivity contribution in [3.63, 3.8) is 0 Å². The Balaban J connectivity index is 0.000000239. The minimum atomic E-state index is -1.00. The number of rotatable bonds is 13. The molecule has 12 atom stereocenters. The highest BCUT2D eigenvalue weighted by molar-refractivity contribution is 15.0. The van der Waals surface area contributed by atoms with E-state index in [1.165, 1.54) is 30.3 Å². The number of anilines is 6. The molecule has 16 N–H and O–H groups in total. The number of nitrogen functional groups attached to an aromatic ring is 2. The molecule has 1 aliphatic heterocycles. The number of fused-ring (bicyclic) bond motifs is 4. The predicted octanol–water partition coefficient (Wildman–Crippen LogP) is 20.3. The maximum absolute atomic E-state index is 12.0. The third-order valence-electron chi connectivity index (χ3n) is 19.7. The van der Waals surface area contributed by atoms with Crippen LogP contribution < -0.4 is 33.2 Å². The van der Waals surface area contributed by atoms with Crippen molar-refractivity contribution >= 4 is 238 Å². The van der Waals surface area contributed by atoms with Crippen molar-refractivity contribution in [1.29, 1.82) is 0 Å². The number of aryl methyl sites for hydroxylation is 4. The van der Waals surface area contributed by atoms with Crippen molar-refractivity contribution in [1.82, 2.24) is 39.9 Å². The van der Waals surface area contributed by atoms with Gasteiger partial charge in [0, 0.05) is 127 Å². The van der Waals surface area contributed by atoms with Crippen LogP contribution in [0.3, 0.4) is 0 Å². The number of nitrogens with two attached hydrogens (primary N) is 3. The average Bonchev–Trinajstić information content (AvgIpc) is 1.60. The second-order valence-electron chi connectivity index (χ2n) is 28.6. The molecule has 125 heavy (non-hydrogen) atoms. The number of thiol groups is 1. The van der Waals surface area contributed by atoms with Gasteiger partial charge in [0.05, 0.1) is 136 Å². The summed E-state index contributed by atoms with van der Waals surface area (Å²) in [5, 5.41) is 82.2.